The molecule has 0 aromatic heterocycles. The van der Waals surface area contributed by atoms with Gasteiger partial charge in [0.2, 0.25) is 0 Å². The molecule has 2 aromatic rings. The Kier molecular flexibility index (Phi) is 5.10. The predicted molar refractivity (Wildman–Crippen MR) is 87.5 cm³/mol. The molecule has 2 heteroatoms. The van der Waals surface area contributed by atoms with Gasteiger partial charge in [-0.15, -0.1) is 0 Å². The molecule has 0 bridgehead atoms. The molecular weight excluding hydrogens is 260 g/mol. The van der Waals surface area contributed by atoms with Crippen LogP contribution in [-0.4, -0.2) is 12.9 Å². The molecule has 106 valence electrons. The quantitative estimate of drug-likeness (QED) is 0.589. The van der Waals surface area contributed by atoms with E-state index < -0.39 is 0 Å². The second kappa shape index (κ2) is 7.25. The average molecular weight is 278 g/mol. The number of benzene rings is 2. The molecule has 0 unspecified atom stereocenters. The molecule has 2 aromatic carbocycles. The van der Waals surface area contributed by atoms with E-state index >= 15 is 0 Å². The predicted octanol–water partition coefficient (Wildman–Crippen LogP) is 4.62. The molecule has 0 spiro atoms. The van der Waals surface area contributed by atoms with Crippen molar-refractivity contribution < 1.29 is 9.53 Å². The van der Waals surface area contributed by atoms with E-state index in [1.54, 1.807) is 19.3 Å². The Morgan fingerprint density at radius 2 is 1.81 bits per heavy atom. The molecule has 0 amide bonds. The van der Waals surface area contributed by atoms with Crippen LogP contribution in [-0.2, 0) is 0 Å². The molecule has 21 heavy (non-hydrogen) atoms. The van der Waals surface area contributed by atoms with Gasteiger partial charge in [-0.25, -0.2) is 0 Å². The van der Waals surface area contributed by atoms with Crippen molar-refractivity contribution in [2.75, 3.05) is 7.11 Å². The van der Waals surface area contributed by atoms with Crippen LogP contribution in [0.25, 0.3) is 12.2 Å². The van der Waals surface area contributed by atoms with Gasteiger partial charge in [0.25, 0.3) is 0 Å². The zero-order valence-corrected chi connectivity index (χ0v) is 12.2. The van der Waals surface area contributed by atoms with Gasteiger partial charge in [0, 0.05) is 11.1 Å². The van der Waals surface area contributed by atoms with Crippen molar-refractivity contribution in [1.82, 2.24) is 0 Å². The van der Waals surface area contributed by atoms with Crippen LogP contribution < -0.4 is 4.74 Å². The summed E-state index contributed by atoms with van der Waals surface area (Å²) in [6.07, 6.45) is 7.26. The highest BCUT2D eigenvalue weighted by Crippen LogP contribution is 2.22. The molecular formula is C19H18O2. The summed E-state index contributed by atoms with van der Waals surface area (Å²) in [5.74, 6) is 0.740. The highest BCUT2D eigenvalue weighted by atomic mass is 16.5. The largest absolute Gasteiger partial charge is 0.496 e. The van der Waals surface area contributed by atoms with E-state index in [1.165, 1.54) is 0 Å². The van der Waals surface area contributed by atoms with Crippen molar-refractivity contribution in [3.63, 3.8) is 0 Å². The number of hydrogen-bond donors (Lipinski definition) is 0. The molecule has 0 heterocycles. The lowest BCUT2D eigenvalue weighted by Crippen LogP contribution is -1.96. The van der Waals surface area contributed by atoms with Crippen molar-refractivity contribution in [2.45, 2.75) is 6.92 Å². The van der Waals surface area contributed by atoms with Crippen LogP contribution in [0.15, 0.2) is 60.7 Å². The number of carbonyl (C=O) groups excluding carboxylic acids is 1. The van der Waals surface area contributed by atoms with Crippen molar-refractivity contribution in [2.24, 2.45) is 0 Å². The van der Waals surface area contributed by atoms with Crippen LogP contribution in [0.2, 0.25) is 0 Å². The lowest BCUT2D eigenvalue weighted by molar-refractivity contribution is 0.104. The third-order valence-corrected chi connectivity index (χ3v) is 3.09. The van der Waals surface area contributed by atoms with Gasteiger partial charge in [0.15, 0.2) is 5.78 Å². The lowest BCUT2D eigenvalue weighted by atomic mass is 10.0. The van der Waals surface area contributed by atoms with E-state index in [4.69, 9.17) is 4.74 Å². The highest BCUT2D eigenvalue weighted by Gasteiger charge is 2.06. The van der Waals surface area contributed by atoms with Gasteiger partial charge in [-0.3, -0.25) is 4.79 Å². The summed E-state index contributed by atoms with van der Waals surface area (Å²) in [6.45, 7) is 1.93. The molecule has 0 aliphatic carbocycles. The van der Waals surface area contributed by atoms with E-state index in [0.717, 1.165) is 16.9 Å². The fourth-order valence-electron chi connectivity index (χ4n) is 2.03. The third-order valence-electron chi connectivity index (χ3n) is 3.09. The summed E-state index contributed by atoms with van der Waals surface area (Å²) in [7, 11) is 1.62. The minimum atomic E-state index is -0.0211. The van der Waals surface area contributed by atoms with Gasteiger partial charge in [-0.2, -0.15) is 0 Å². The van der Waals surface area contributed by atoms with Gasteiger partial charge >= 0.3 is 0 Å². The maximum absolute atomic E-state index is 12.2. The van der Waals surface area contributed by atoms with Crippen molar-refractivity contribution >= 4 is 17.9 Å². The minimum Gasteiger partial charge on any atom is -0.496 e. The fraction of sp³-hybridized carbons (Fsp3) is 0.105. The molecule has 0 saturated carbocycles. The Bertz CT molecular complexity index is 667. The van der Waals surface area contributed by atoms with Crippen LogP contribution in [0.1, 0.15) is 28.4 Å². The number of rotatable bonds is 5. The minimum absolute atomic E-state index is 0.0211. The van der Waals surface area contributed by atoms with E-state index in [1.807, 2.05) is 67.6 Å². The van der Waals surface area contributed by atoms with Crippen molar-refractivity contribution in [1.29, 1.82) is 0 Å². The number of allylic oxidation sites excluding steroid dienone is 2. The number of carbonyl (C=O) groups is 1. The first kappa shape index (κ1) is 14.8. The van der Waals surface area contributed by atoms with Gasteiger partial charge in [0.05, 0.1) is 7.11 Å². The van der Waals surface area contributed by atoms with Gasteiger partial charge in [-0.1, -0.05) is 48.6 Å². The first-order valence-electron chi connectivity index (χ1n) is 6.83. The Labute approximate surface area is 125 Å². The zero-order valence-electron chi connectivity index (χ0n) is 12.2. The molecule has 2 rings (SSSR count). The second-order valence-electron chi connectivity index (χ2n) is 4.56. The number of ether oxygens (including phenoxy) is 1. The lowest BCUT2D eigenvalue weighted by Gasteiger charge is -2.06. The molecule has 0 atom stereocenters. The Morgan fingerprint density at radius 3 is 2.48 bits per heavy atom. The molecule has 0 aliphatic heterocycles. The van der Waals surface area contributed by atoms with Gasteiger partial charge in [0.1, 0.15) is 5.75 Å². The zero-order chi connectivity index (χ0) is 15.1. The SMILES string of the molecule is CC=Cc1cc(C(=O)C=Cc2ccccc2)ccc1OC. The summed E-state index contributed by atoms with van der Waals surface area (Å²) in [5, 5.41) is 0. The first-order chi connectivity index (χ1) is 10.2. The fourth-order valence-corrected chi connectivity index (χ4v) is 2.03. The van der Waals surface area contributed by atoms with Crippen LogP contribution in [0, 0.1) is 0 Å². The highest BCUT2D eigenvalue weighted by molar-refractivity contribution is 6.07. The average Bonchev–Trinajstić information content (AvgIpc) is 2.54. The smallest absolute Gasteiger partial charge is 0.185 e. The first-order valence-corrected chi connectivity index (χ1v) is 6.83. The van der Waals surface area contributed by atoms with Gasteiger partial charge < -0.3 is 4.74 Å². The van der Waals surface area contributed by atoms with Crippen LogP contribution in [0.5, 0.6) is 5.75 Å². The molecule has 0 saturated heterocycles. The third kappa shape index (κ3) is 3.93. The van der Waals surface area contributed by atoms with E-state index in [0.29, 0.717) is 5.56 Å². The molecule has 0 radical (unpaired) electrons. The molecule has 0 N–H and O–H groups in total. The number of ketones is 1. The summed E-state index contributed by atoms with van der Waals surface area (Å²) in [5.41, 5.74) is 2.56. The summed E-state index contributed by atoms with van der Waals surface area (Å²) in [4.78, 5) is 12.2. The molecule has 0 fully saturated rings. The Morgan fingerprint density at radius 1 is 1.05 bits per heavy atom. The summed E-state index contributed by atoms with van der Waals surface area (Å²) in [6, 6.07) is 15.2. The standard InChI is InChI=1S/C19H18O2/c1-3-7-17-14-16(11-13-19(17)21-2)18(20)12-10-15-8-5-4-6-9-15/h3-14H,1-2H3. The van der Waals surface area contributed by atoms with Crippen LogP contribution in [0.4, 0.5) is 0 Å². The summed E-state index contributed by atoms with van der Waals surface area (Å²) >= 11 is 0. The summed E-state index contributed by atoms with van der Waals surface area (Å²) < 4.78 is 5.28. The van der Waals surface area contributed by atoms with Crippen LogP contribution >= 0.6 is 0 Å². The second-order valence-corrected chi connectivity index (χ2v) is 4.56. The molecule has 2 nitrogen and oxygen atoms in total. The molecule has 0 aliphatic rings. The maximum Gasteiger partial charge on any atom is 0.185 e. The normalized spacial score (nSPS) is 11.1. The topological polar surface area (TPSA) is 26.3 Å². The number of methoxy groups -OCH3 is 1. The van der Waals surface area contributed by atoms with E-state index in [9.17, 15) is 4.79 Å². The maximum atomic E-state index is 12.2. The van der Waals surface area contributed by atoms with Crippen LogP contribution in [0.3, 0.4) is 0 Å². The van der Waals surface area contributed by atoms with Gasteiger partial charge in [-0.05, 0) is 36.8 Å². The monoisotopic (exact) mass is 278 g/mol. The Hall–Kier alpha value is -2.61. The number of hydrogen-bond acceptors (Lipinski definition) is 2. The van der Waals surface area contributed by atoms with E-state index in [-0.39, 0.29) is 5.78 Å². The van der Waals surface area contributed by atoms with E-state index in [2.05, 4.69) is 0 Å². The Balaban J connectivity index is 2.23. The van der Waals surface area contributed by atoms with Crippen molar-refractivity contribution in [3.05, 3.63) is 77.4 Å². The van der Waals surface area contributed by atoms with Crippen molar-refractivity contribution in [3.8, 4) is 5.75 Å².